The summed E-state index contributed by atoms with van der Waals surface area (Å²) < 4.78 is 11.2. The zero-order valence-corrected chi connectivity index (χ0v) is 17.3. The highest BCUT2D eigenvalue weighted by Gasteiger charge is 2.68. The quantitative estimate of drug-likeness (QED) is 0.676. The maximum Gasteiger partial charge on any atom is 0.258 e. The molecule has 4 fully saturated rings. The van der Waals surface area contributed by atoms with Crippen molar-refractivity contribution in [2.45, 2.75) is 64.0 Å². The van der Waals surface area contributed by atoms with Gasteiger partial charge in [-0.25, -0.2) is 0 Å². The lowest BCUT2D eigenvalue weighted by Crippen LogP contribution is -2.75. The van der Waals surface area contributed by atoms with Crippen LogP contribution in [0.15, 0.2) is 24.3 Å². The lowest BCUT2D eigenvalue weighted by Gasteiger charge is -2.70. The number of carbonyl (C=O) groups excluding carboxylic acids is 2. The van der Waals surface area contributed by atoms with Gasteiger partial charge in [-0.2, -0.15) is 0 Å². The van der Waals surface area contributed by atoms with E-state index in [0.717, 1.165) is 32.1 Å². The van der Waals surface area contributed by atoms with Gasteiger partial charge in [-0.1, -0.05) is 25.4 Å². The summed E-state index contributed by atoms with van der Waals surface area (Å²) >= 11 is 5.83. The second-order valence-corrected chi connectivity index (χ2v) is 10.3. The smallest absolute Gasteiger partial charge is 0.258 e. The Morgan fingerprint density at radius 1 is 1.11 bits per heavy atom. The highest BCUT2D eigenvalue weighted by atomic mass is 35.5. The summed E-state index contributed by atoms with van der Waals surface area (Å²) in [6.07, 6.45) is 5.55. The molecule has 4 saturated carbocycles. The van der Waals surface area contributed by atoms with Gasteiger partial charge >= 0.3 is 0 Å². The lowest BCUT2D eigenvalue weighted by molar-refractivity contribution is -0.176. The predicted molar refractivity (Wildman–Crippen MR) is 106 cm³/mol. The molecule has 0 unspecified atom stereocenters. The van der Waals surface area contributed by atoms with Crippen LogP contribution in [0.4, 0.5) is 0 Å². The Bertz CT molecular complexity index is 745. The topological polar surface area (TPSA) is 64.6 Å². The van der Waals surface area contributed by atoms with Crippen LogP contribution < -0.4 is 10.1 Å². The van der Waals surface area contributed by atoms with Gasteiger partial charge in [-0.3, -0.25) is 9.59 Å². The first-order valence-electron chi connectivity index (χ1n) is 9.99. The van der Waals surface area contributed by atoms with Crippen molar-refractivity contribution < 1.29 is 19.1 Å². The SMILES string of the molecule is CC1(C)CC(OCC(=O)CC23CC(NC(=O)COc4ccc(Cl)cc4)(C2)C3)C1. The Balaban J connectivity index is 1.13. The number of hydrogen-bond donors (Lipinski definition) is 1. The molecule has 0 heterocycles. The second-order valence-electron chi connectivity index (χ2n) is 9.82. The van der Waals surface area contributed by atoms with Crippen molar-refractivity contribution in [3.05, 3.63) is 29.3 Å². The molecule has 2 bridgehead atoms. The molecule has 28 heavy (non-hydrogen) atoms. The Kier molecular flexibility index (Phi) is 4.95. The fourth-order valence-electron chi connectivity index (χ4n) is 5.30. The van der Waals surface area contributed by atoms with Gasteiger partial charge in [0.1, 0.15) is 12.4 Å². The lowest BCUT2D eigenvalue weighted by atomic mass is 9.38. The van der Waals surface area contributed by atoms with Crippen molar-refractivity contribution in [3.63, 3.8) is 0 Å². The number of amides is 1. The molecule has 152 valence electrons. The average Bonchev–Trinajstić information content (AvgIpc) is 2.54. The first-order chi connectivity index (χ1) is 13.2. The molecule has 5 nitrogen and oxygen atoms in total. The van der Waals surface area contributed by atoms with E-state index >= 15 is 0 Å². The third kappa shape index (κ3) is 4.20. The third-order valence-electron chi connectivity index (χ3n) is 6.34. The molecule has 0 aromatic heterocycles. The van der Waals surface area contributed by atoms with E-state index in [-0.39, 0.29) is 42.0 Å². The van der Waals surface area contributed by atoms with E-state index in [0.29, 0.717) is 22.6 Å². The largest absolute Gasteiger partial charge is 0.484 e. The minimum Gasteiger partial charge on any atom is -0.484 e. The van der Waals surface area contributed by atoms with E-state index < -0.39 is 0 Å². The Morgan fingerprint density at radius 2 is 1.75 bits per heavy atom. The number of hydrogen-bond acceptors (Lipinski definition) is 4. The molecule has 6 heteroatoms. The van der Waals surface area contributed by atoms with Crippen molar-refractivity contribution in [1.29, 1.82) is 0 Å². The van der Waals surface area contributed by atoms with Gasteiger partial charge in [0.15, 0.2) is 12.4 Å². The Labute approximate surface area is 171 Å². The minimum atomic E-state index is -0.125. The summed E-state index contributed by atoms with van der Waals surface area (Å²) in [5, 5.41) is 3.72. The number of carbonyl (C=O) groups is 2. The standard InChI is InChI=1S/C22H28ClNO4/c1-20(2)8-18(9-20)27-10-16(25)7-21-12-22(13-21,14-21)24-19(26)11-28-17-5-3-15(23)4-6-17/h3-6,18H,7-14H2,1-2H3,(H,24,26). The minimum absolute atomic E-state index is 0.0130. The van der Waals surface area contributed by atoms with Crippen molar-refractivity contribution in [2.24, 2.45) is 10.8 Å². The average molecular weight is 406 g/mol. The van der Waals surface area contributed by atoms with Crippen molar-refractivity contribution in [2.75, 3.05) is 13.2 Å². The van der Waals surface area contributed by atoms with E-state index in [1.807, 2.05) is 0 Å². The van der Waals surface area contributed by atoms with Crippen LogP contribution in [0.3, 0.4) is 0 Å². The maximum absolute atomic E-state index is 12.3. The summed E-state index contributed by atoms with van der Waals surface area (Å²) in [6.45, 7) is 4.67. The van der Waals surface area contributed by atoms with Gasteiger partial charge in [0.05, 0.1) is 6.10 Å². The summed E-state index contributed by atoms with van der Waals surface area (Å²) in [6, 6.07) is 6.94. The van der Waals surface area contributed by atoms with Crippen molar-refractivity contribution in [1.82, 2.24) is 5.32 Å². The molecule has 0 spiro atoms. The molecule has 4 aliphatic rings. The highest BCUT2D eigenvalue weighted by molar-refractivity contribution is 6.30. The first-order valence-corrected chi connectivity index (χ1v) is 10.4. The van der Waals surface area contributed by atoms with Crippen LogP contribution in [0.5, 0.6) is 5.75 Å². The number of benzene rings is 1. The molecule has 0 atom stereocenters. The molecule has 0 radical (unpaired) electrons. The van der Waals surface area contributed by atoms with Gasteiger partial charge in [-0.15, -0.1) is 0 Å². The molecular weight excluding hydrogens is 378 g/mol. The zero-order chi connectivity index (χ0) is 20.0. The van der Waals surface area contributed by atoms with Gasteiger partial charge in [0, 0.05) is 17.0 Å². The number of halogens is 1. The van der Waals surface area contributed by atoms with Crippen LogP contribution in [0.2, 0.25) is 5.02 Å². The maximum atomic E-state index is 12.3. The molecule has 1 aromatic carbocycles. The summed E-state index contributed by atoms with van der Waals surface area (Å²) in [5.41, 5.74) is 0.326. The van der Waals surface area contributed by atoms with Gasteiger partial charge in [0.2, 0.25) is 0 Å². The van der Waals surface area contributed by atoms with E-state index in [4.69, 9.17) is 21.1 Å². The fraction of sp³-hybridized carbons (Fsp3) is 0.636. The normalized spacial score (nSPS) is 29.8. The van der Waals surface area contributed by atoms with E-state index in [1.54, 1.807) is 24.3 Å². The number of rotatable bonds is 9. The van der Waals surface area contributed by atoms with Crippen LogP contribution in [-0.2, 0) is 14.3 Å². The second kappa shape index (κ2) is 7.03. The molecule has 1 aromatic rings. The molecule has 0 saturated heterocycles. The zero-order valence-electron chi connectivity index (χ0n) is 16.6. The molecule has 1 amide bonds. The number of nitrogens with one attached hydrogen (secondary N) is 1. The first kappa shape index (κ1) is 19.7. The van der Waals surface area contributed by atoms with Crippen molar-refractivity contribution >= 4 is 23.3 Å². The highest BCUT2D eigenvalue weighted by Crippen LogP contribution is 2.69. The van der Waals surface area contributed by atoms with Gasteiger partial charge in [0.25, 0.3) is 5.91 Å². The summed E-state index contributed by atoms with van der Waals surface area (Å²) in [4.78, 5) is 24.4. The molecule has 0 aliphatic heterocycles. The third-order valence-corrected chi connectivity index (χ3v) is 6.59. The molecule has 5 rings (SSSR count). The van der Waals surface area contributed by atoms with Crippen LogP contribution in [-0.4, -0.2) is 36.5 Å². The van der Waals surface area contributed by atoms with Gasteiger partial charge in [-0.05, 0) is 67.2 Å². The van der Waals surface area contributed by atoms with Crippen LogP contribution >= 0.6 is 11.6 Å². The van der Waals surface area contributed by atoms with Crippen LogP contribution in [0.1, 0.15) is 52.4 Å². The number of Topliss-reactive ketones (excluding diaryl/α,β-unsaturated/α-hetero) is 1. The Morgan fingerprint density at radius 3 is 2.36 bits per heavy atom. The van der Waals surface area contributed by atoms with Gasteiger partial charge < -0.3 is 14.8 Å². The van der Waals surface area contributed by atoms with Crippen LogP contribution in [0, 0.1) is 10.8 Å². The van der Waals surface area contributed by atoms with Crippen LogP contribution in [0.25, 0.3) is 0 Å². The molecule has 4 aliphatic carbocycles. The Hall–Kier alpha value is -1.59. The predicted octanol–water partition coefficient (Wildman–Crippen LogP) is 3.92. The van der Waals surface area contributed by atoms with E-state index in [2.05, 4.69) is 19.2 Å². The fourth-order valence-corrected chi connectivity index (χ4v) is 5.43. The molecular formula is C22H28ClNO4. The van der Waals surface area contributed by atoms with Crippen molar-refractivity contribution in [3.8, 4) is 5.75 Å². The van der Waals surface area contributed by atoms with E-state index in [9.17, 15) is 9.59 Å². The monoisotopic (exact) mass is 405 g/mol. The summed E-state index contributed by atoms with van der Waals surface area (Å²) in [5.74, 6) is 0.690. The number of ether oxygens (including phenoxy) is 2. The molecule has 1 N–H and O–H groups in total. The number of ketones is 1. The van der Waals surface area contributed by atoms with E-state index in [1.165, 1.54) is 0 Å². The summed E-state index contributed by atoms with van der Waals surface area (Å²) in [7, 11) is 0.